The van der Waals surface area contributed by atoms with Gasteiger partial charge < -0.3 is 0 Å². The molecule has 0 spiro atoms. The zero-order valence-electron chi connectivity index (χ0n) is 12.8. The summed E-state index contributed by atoms with van der Waals surface area (Å²) in [5, 5.41) is 0. The third-order valence-electron chi connectivity index (χ3n) is 3.66. The second-order valence-electron chi connectivity index (χ2n) is 5.24. The lowest BCUT2D eigenvalue weighted by atomic mass is 10.3. The van der Waals surface area contributed by atoms with E-state index in [0.717, 1.165) is 17.0 Å². The van der Waals surface area contributed by atoms with E-state index in [0.29, 0.717) is 10.4 Å². The van der Waals surface area contributed by atoms with E-state index in [1.165, 1.54) is 0 Å². The lowest BCUT2D eigenvalue weighted by Gasteiger charge is -2.11. The van der Waals surface area contributed by atoms with Crippen molar-refractivity contribution in [2.75, 3.05) is 0 Å². The van der Waals surface area contributed by atoms with Crippen LogP contribution in [0, 0.1) is 4.77 Å². The Hall–Kier alpha value is -3.05. The van der Waals surface area contributed by atoms with Crippen LogP contribution in [0.3, 0.4) is 0 Å². The Morgan fingerprint density at radius 1 is 0.792 bits per heavy atom. The third-order valence-corrected chi connectivity index (χ3v) is 3.93. The summed E-state index contributed by atoms with van der Waals surface area (Å²) in [6.45, 7) is 0. The Morgan fingerprint density at radius 2 is 1.46 bits per heavy atom. The summed E-state index contributed by atoms with van der Waals surface area (Å²) in [7, 11) is 0. The van der Waals surface area contributed by atoms with Crippen molar-refractivity contribution in [1.82, 2.24) is 14.0 Å². The first-order valence-corrected chi connectivity index (χ1v) is 7.99. The first kappa shape index (κ1) is 14.5. The van der Waals surface area contributed by atoms with E-state index in [2.05, 4.69) is 4.98 Å². The molecule has 0 saturated carbocycles. The highest BCUT2D eigenvalue weighted by Crippen LogP contribution is 2.10. The zero-order chi connectivity index (χ0) is 16.4. The number of nitrogens with zero attached hydrogens (tertiary/aromatic N) is 4. The number of hydrogen-bond donors (Lipinski definition) is 0. The second-order valence-corrected chi connectivity index (χ2v) is 5.61. The van der Waals surface area contributed by atoms with E-state index < -0.39 is 0 Å². The van der Waals surface area contributed by atoms with Crippen molar-refractivity contribution >= 4 is 23.6 Å². The average molecular weight is 330 g/mol. The first-order chi connectivity index (χ1) is 11.8. The summed E-state index contributed by atoms with van der Waals surface area (Å²) in [4.78, 5) is 9.36. The highest BCUT2D eigenvalue weighted by atomic mass is 32.1. The molecule has 0 aliphatic heterocycles. The normalized spacial score (nSPS) is 11.8. The Balaban J connectivity index is 2.16. The van der Waals surface area contributed by atoms with Crippen LogP contribution in [0.4, 0.5) is 5.69 Å². The number of pyridine rings is 1. The molecule has 2 aromatic heterocycles. The highest BCUT2D eigenvalue weighted by Gasteiger charge is 2.06. The topological polar surface area (TPSA) is 34.6 Å². The minimum atomic E-state index is 0.474. The summed E-state index contributed by atoms with van der Waals surface area (Å²) >= 11 is 5.54. The molecule has 4 rings (SSSR count). The van der Waals surface area contributed by atoms with Gasteiger partial charge in [-0.25, -0.2) is 9.98 Å². The highest BCUT2D eigenvalue weighted by molar-refractivity contribution is 7.71. The molecule has 2 aromatic carbocycles. The van der Waals surface area contributed by atoms with Gasteiger partial charge in [-0.15, -0.1) is 0 Å². The van der Waals surface area contributed by atoms with Gasteiger partial charge in [-0.2, -0.15) is 0 Å². The molecule has 24 heavy (non-hydrogen) atoms. The molecule has 0 aliphatic carbocycles. The van der Waals surface area contributed by atoms with Crippen molar-refractivity contribution in [3.63, 3.8) is 0 Å². The van der Waals surface area contributed by atoms with Crippen LogP contribution in [-0.2, 0) is 0 Å². The quantitative estimate of drug-likeness (QED) is 0.519. The lowest BCUT2D eigenvalue weighted by Crippen LogP contribution is -2.28. The molecule has 0 aliphatic rings. The fraction of sp³-hybridized carbons (Fsp3) is 0. The van der Waals surface area contributed by atoms with Crippen LogP contribution in [0.2, 0.25) is 0 Å². The largest absolute Gasteiger partial charge is 0.271 e. The van der Waals surface area contributed by atoms with Crippen LogP contribution in [0.15, 0.2) is 90.1 Å². The maximum atomic E-state index is 5.54. The molecule has 116 valence electrons. The van der Waals surface area contributed by atoms with E-state index in [1.807, 2.05) is 94.0 Å². The minimum Gasteiger partial charge on any atom is -0.271 e. The first-order valence-electron chi connectivity index (χ1n) is 7.58. The minimum absolute atomic E-state index is 0.474. The standard InChI is InChI=1S/C19H14N4S/c24-19-21-17-13-7-8-14-22(17)18(20-15-9-3-1-4-10-15)23(19)16-11-5-2-6-12-16/h1-14H. The van der Waals surface area contributed by atoms with E-state index in [9.17, 15) is 0 Å². The monoisotopic (exact) mass is 330 g/mol. The van der Waals surface area contributed by atoms with E-state index in [4.69, 9.17) is 17.2 Å². The van der Waals surface area contributed by atoms with Crippen LogP contribution in [0.1, 0.15) is 0 Å². The summed E-state index contributed by atoms with van der Waals surface area (Å²) in [6.07, 6.45) is 1.94. The van der Waals surface area contributed by atoms with Crippen molar-refractivity contribution in [3.05, 3.63) is 95.4 Å². The molecule has 0 unspecified atom stereocenters. The van der Waals surface area contributed by atoms with Crippen LogP contribution in [0.5, 0.6) is 0 Å². The summed E-state index contributed by atoms with van der Waals surface area (Å²) in [6, 6.07) is 25.6. The average Bonchev–Trinajstić information content (AvgIpc) is 2.63. The van der Waals surface area contributed by atoms with Crippen LogP contribution in [0.25, 0.3) is 11.3 Å². The van der Waals surface area contributed by atoms with Gasteiger partial charge in [-0.05, 0) is 48.6 Å². The molecule has 0 atom stereocenters. The van der Waals surface area contributed by atoms with Crippen molar-refractivity contribution < 1.29 is 0 Å². The third kappa shape index (κ3) is 2.66. The van der Waals surface area contributed by atoms with Crippen molar-refractivity contribution in [1.29, 1.82) is 0 Å². The molecule has 4 aromatic rings. The molecule has 4 nitrogen and oxygen atoms in total. The molecular weight excluding hydrogens is 316 g/mol. The fourth-order valence-corrected chi connectivity index (χ4v) is 2.84. The van der Waals surface area contributed by atoms with E-state index in [-0.39, 0.29) is 0 Å². The van der Waals surface area contributed by atoms with Gasteiger partial charge in [0.2, 0.25) is 10.4 Å². The van der Waals surface area contributed by atoms with Gasteiger partial charge in [0.05, 0.1) is 11.4 Å². The van der Waals surface area contributed by atoms with Gasteiger partial charge in [0.1, 0.15) is 5.65 Å². The summed E-state index contributed by atoms with van der Waals surface area (Å²) < 4.78 is 4.30. The number of fused-ring (bicyclic) bond motifs is 1. The van der Waals surface area contributed by atoms with Crippen molar-refractivity contribution in [2.24, 2.45) is 4.99 Å². The maximum absolute atomic E-state index is 5.54. The molecule has 5 heteroatoms. The number of hydrogen-bond acceptors (Lipinski definition) is 3. The lowest BCUT2D eigenvalue weighted by molar-refractivity contribution is 0.789. The molecule has 0 N–H and O–H groups in total. The van der Waals surface area contributed by atoms with Crippen LogP contribution >= 0.6 is 12.2 Å². The fourth-order valence-electron chi connectivity index (χ4n) is 2.56. The van der Waals surface area contributed by atoms with E-state index in [1.54, 1.807) is 0 Å². The Kier molecular flexibility index (Phi) is 3.76. The molecule has 0 amide bonds. The smallest absolute Gasteiger partial charge is 0.223 e. The second kappa shape index (κ2) is 6.22. The number of benzene rings is 2. The number of aromatic nitrogens is 3. The molecule has 0 saturated heterocycles. The van der Waals surface area contributed by atoms with Crippen molar-refractivity contribution in [2.45, 2.75) is 0 Å². The van der Waals surface area contributed by atoms with Crippen LogP contribution < -0.4 is 5.62 Å². The van der Waals surface area contributed by atoms with Gasteiger partial charge in [-0.3, -0.25) is 8.97 Å². The maximum Gasteiger partial charge on any atom is 0.223 e. The molecule has 0 radical (unpaired) electrons. The van der Waals surface area contributed by atoms with Gasteiger partial charge in [0.15, 0.2) is 0 Å². The Bertz CT molecular complexity index is 1110. The summed E-state index contributed by atoms with van der Waals surface area (Å²) in [5.74, 6) is 0. The van der Waals surface area contributed by atoms with Gasteiger partial charge in [-0.1, -0.05) is 42.5 Å². The van der Waals surface area contributed by atoms with Gasteiger partial charge in [0, 0.05) is 6.20 Å². The Labute approximate surface area is 144 Å². The van der Waals surface area contributed by atoms with Crippen LogP contribution in [-0.4, -0.2) is 14.0 Å². The molecule has 0 fully saturated rings. The zero-order valence-corrected chi connectivity index (χ0v) is 13.6. The van der Waals surface area contributed by atoms with Gasteiger partial charge >= 0.3 is 0 Å². The number of para-hydroxylation sites is 2. The predicted molar refractivity (Wildman–Crippen MR) is 97.0 cm³/mol. The SMILES string of the molecule is S=c1nc2ccccn2c(=Nc2ccccc2)n1-c1ccccc1. The van der Waals surface area contributed by atoms with E-state index >= 15 is 0 Å². The molecule has 2 heterocycles. The molecular formula is C19H14N4S. The van der Waals surface area contributed by atoms with Gasteiger partial charge in [0.25, 0.3) is 0 Å². The predicted octanol–water partition coefficient (Wildman–Crippen LogP) is 4.09. The number of rotatable bonds is 2. The Morgan fingerprint density at radius 3 is 2.21 bits per heavy atom. The van der Waals surface area contributed by atoms with Crippen molar-refractivity contribution in [3.8, 4) is 5.69 Å². The summed E-state index contributed by atoms with van der Waals surface area (Å²) in [5.41, 5.74) is 3.27. The molecule has 0 bridgehead atoms.